The van der Waals surface area contributed by atoms with Crippen molar-refractivity contribution in [3.05, 3.63) is 70.8 Å². The lowest BCUT2D eigenvalue weighted by molar-refractivity contribution is -0.127. The highest BCUT2D eigenvalue weighted by atomic mass is 19.2. The van der Waals surface area contributed by atoms with Gasteiger partial charge in [0, 0.05) is 36.7 Å². The molecule has 0 radical (unpaired) electrons. The largest absolute Gasteiger partial charge is 0.492 e. The maximum atomic E-state index is 13.3. The first-order valence-electron chi connectivity index (χ1n) is 9.39. The fourth-order valence-electron chi connectivity index (χ4n) is 4.00. The summed E-state index contributed by atoms with van der Waals surface area (Å²) in [5, 5.41) is 0. The molecule has 0 aromatic heterocycles. The number of piperidine rings is 1. The lowest BCUT2D eigenvalue weighted by atomic mass is 9.74. The number of nitrogens with two attached hydrogens (primary N) is 1. The molecule has 2 aromatic carbocycles. The molecule has 0 atom stereocenters. The molecule has 2 heterocycles. The molecule has 0 bridgehead atoms. The van der Waals surface area contributed by atoms with Gasteiger partial charge in [-0.05, 0) is 48.2 Å². The number of carbonyl (C=O) groups excluding carboxylic acids is 1. The van der Waals surface area contributed by atoms with Crippen LogP contribution in [0.25, 0.3) is 6.08 Å². The van der Waals surface area contributed by atoms with Crippen LogP contribution in [-0.2, 0) is 16.8 Å². The van der Waals surface area contributed by atoms with Crippen molar-refractivity contribution in [2.75, 3.05) is 19.7 Å². The predicted molar refractivity (Wildman–Crippen MR) is 103 cm³/mol. The summed E-state index contributed by atoms with van der Waals surface area (Å²) in [5.41, 5.74) is 8.44. The Morgan fingerprint density at radius 1 is 1.14 bits per heavy atom. The molecule has 2 aliphatic heterocycles. The van der Waals surface area contributed by atoms with Crippen LogP contribution in [0.4, 0.5) is 8.78 Å². The second-order valence-electron chi connectivity index (χ2n) is 7.44. The highest BCUT2D eigenvalue weighted by Gasteiger charge is 2.43. The molecule has 4 nitrogen and oxygen atoms in total. The van der Waals surface area contributed by atoms with Crippen LogP contribution in [0.1, 0.15) is 29.5 Å². The highest BCUT2D eigenvalue weighted by molar-refractivity contribution is 5.91. The standard InChI is InChI=1S/C22H22F2N2O2/c23-18-4-1-15(12-19(18)24)3-6-21(27)26-9-7-22(8-10-26)14-28-20-5-2-16(13-25)11-17(20)22/h1-6,11-12H,7-10,13-14,25H2/b6-3+. The van der Waals surface area contributed by atoms with Crippen LogP contribution in [0.2, 0.25) is 0 Å². The Morgan fingerprint density at radius 2 is 1.93 bits per heavy atom. The van der Waals surface area contributed by atoms with E-state index in [9.17, 15) is 13.6 Å². The molecule has 6 heteroatoms. The van der Waals surface area contributed by atoms with Crippen molar-refractivity contribution in [3.8, 4) is 5.75 Å². The molecule has 4 rings (SSSR count). The normalized spacial score (nSPS) is 17.8. The first-order valence-corrected chi connectivity index (χ1v) is 9.39. The van der Waals surface area contributed by atoms with Gasteiger partial charge in [-0.1, -0.05) is 18.2 Å². The van der Waals surface area contributed by atoms with Crippen LogP contribution in [0.15, 0.2) is 42.5 Å². The van der Waals surface area contributed by atoms with Gasteiger partial charge in [0.05, 0.1) is 6.61 Å². The Labute approximate surface area is 162 Å². The van der Waals surface area contributed by atoms with E-state index >= 15 is 0 Å². The molecule has 0 unspecified atom stereocenters. The van der Waals surface area contributed by atoms with E-state index in [0.29, 0.717) is 31.8 Å². The predicted octanol–water partition coefficient (Wildman–Crippen LogP) is 3.39. The maximum Gasteiger partial charge on any atom is 0.246 e. The molecule has 28 heavy (non-hydrogen) atoms. The van der Waals surface area contributed by atoms with E-state index in [1.165, 1.54) is 23.8 Å². The summed E-state index contributed by atoms with van der Waals surface area (Å²) in [6, 6.07) is 9.66. The van der Waals surface area contributed by atoms with Gasteiger partial charge in [-0.2, -0.15) is 0 Å². The number of likely N-dealkylation sites (tertiary alicyclic amines) is 1. The lowest BCUT2D eigenvalue weighted by Gasteiger charge is -2.38. The monoisotopic (exact) mass is 384 g/mol. The summed E-state index contributed by atoms with van der Waals surface area (Å²) in [7, 11) is 0. The number of nitrogens with zero attached hydrogens (tertiary/aromatic N) is 1. The van der Waals surface area contributed by atoms with Crippen molar-refractivity contribution >= 4 is 12.0 Å². The van der Waals surface area contributed by atoms with Crippen LogP contribution >= 0.6 is 0 Å². The molecule has 146 valence electrons. The van der Waals surface area contributed by atoms with Crippen molar-refractivity contribution in [2.24, 2.45) is 5.73 Å². The van der Waals surface area contributed by atoms with Gasteiger partial charge < -0.3 is 15.4 Å². The minimum atomic E-state index is -0.925. The number of ether oxygens (including phenoxy) is 1. The van der Waals surface area contributed by atoms with Crippen LogP contribution in [0, 0.1) is 11.6 Å². The molecule has 0 aliphatic carbocycles. The molecular weight excluding hydrogens is 362 g/mol. The second-order valence-corrected chi connectivity index (χ2v) is 7.44. The van der Waals surface area contributed by atoms with Crippen LogP contribution in [0.5, 0.6) is 5.75 Å². The zero-order valence-electron chi connectivity index (χ0n) is 15.5. The summed E-state index contributed by atoms with van der Waals surface area (Å²) in [6.07, 6.45) is 4.56. The molecule has 1 fully saturated rings. The van der Waals surface area contributed by atoms with Crippen molar-refractivity contribution < 1.29 is 18.3 Å². The first kappa shape index (κ1) is 18.6. The first-order chi connectivity index (χ1) is 13.5. The minimum Gasteiger partial charge on any atom is -0.492 e. The smallest absolute Gasteiger partial charge is 0.246 e. The van der Waals surface area contributed by atoms with Crippen LogP contribution in [0.3, 0.4) is 0 Å². The lowest BCUT2D eigenvalue weighted by Crippen LogP contribution is -2.45. The van der Waals surface area contributed by atoms with Gasteiger partial charge in [0.1, 0.15) is 5.75 Å². The van der Waals surface area contributed by atoms with Crippen molar-refractivity contribution in [1.29, 1.82) is 0 Å². The Hall–Kier alpha value is -2.73. The third-order valence-corrected chi connectivity index (χ3v) is 5.75. The Bertz CT molecular complexity index is 934. The Balaban J connectivity index is 1.43. The number of amides is 1. The minimum absolute atomic E-state index is 0.0684. The van der Waals surface area contributed by atoms with Gasteiger partial charge in [0.15, 0.2) is 11.6 Å². The molecule has 1 spiro atoms. The number of hydrogen-bond donors (Lipinski definition) is 1. The van der Waals surface area contributed by atoms with Crippen molar-refractivity contribution in [1.82, 2.24) is 4.90 Å². The molecule has 1 amide bonds. The highest BCUT2D eigenvalue weighted by Crippen LogP contribution is 2.45. The van der Waals surface area contributed by atoms with Crippen LogP contribution in [-0.4, -0.2) is 30.5 Å². The summed E-state index contributed by atoms with van der Waals surface area (Å²) in [5.74, 6) is -1.04. The number of fused-ring (bicyclic) bond motifs is 2. The Kier molecular flexibility index (Phi) is 4.89. The van der Waals surface area contributed by atoms with Crippen molar-refractivity contribution in [3.63, 3.8) is 0 Å². The zero-order chi connectivity index (χ0) is 19.7. The summed E-state index contributed by atoms with van der Waals surface area (Å²) in [4.78, 5) is 14.3. The summed E-state index contributed by atoms with van der Waals surface area (Å²) < 4.78 is 32.2. The topological polar surface area (TPSA) is 55.6 Å². The van der Waals surface area contributed by atoms with E-state index < -0.39 is 11.6 Å². The van der Waals surface area contributed by atoms with Gasteiger partial charge in [0.25, 0.3) is 0 Å². The van der Waals surface area contributed by atoms with Crippen LogP contribution < -0.4 is 10.5 Å². The quantitative estimate of drug-likeness (QED) is 0.826. The molecule has 0 saturated carbocycles. The summed E-state index contributed by atoms with van der Waals surface area (Å²) >= 11 is 0. The third kappa shape index (κ3) is 3.40. The van der Waals surface area contributed by atoms with Gasteiger partial charge in [-0.25, -0.2) is 8.78 Å². The number of hydrogen-bond acceptors (Lipinski definition) is 3. The van der Waals surface area contributed by atoms with Crippen molar-refractivity contribution in [2.45, 2.75) is 24.8 Å². The average molecular weight is 384 g/mol. The van der Waals surface area contributed by atoms with Gasteiger partial charge in [0.2, 0.25) is 5.91 Å². The van der Waals surface area contributed by atoms with Gasteiger partial charge in [-0.3, -0.25) is 4.79 Å². The number of carbonyl (C=O) groups is 1. The van der Waals surface area contributed by atoms with E-state index in [1.54, 1.807) is 4.90 Å². The summed E-state index contributed by atoms with van der Waals surface area (Å²) in [6.45, 7) is 2.36. The number of rotatable bonds is 3. The van der Waals surface area contributed by atoms with E-state index in [2.05, 4.69) is 6.07 Å². The van der Waals surface area contributed by atoms with Gasteiger partial charge >= 0.3 is 0 Å². The molecular formula is C22H22F2N2O2. The fourth-order valence-corrected chi connectivity index (χ4v) is 4.00. The second kappa shape index (κ2) is 7.36. The molecule has 2 aliphatic rings. The average Bonchev–Trinajstić information content (AvgIpc) is 3.06. The third-order valence-electron chi connectivity index (χ3n) is 5.75. The molecule has 2 aromatic rings. The molecule has 2 N–H and O–H groups in total. The van der Waals surface area contributed by atoms with E-state index in [0.717, 1.165) is 36.3 Å². The fraction of sp³-hybridized carbons (Fsp3) is 0.318. The zero-order valence-corrected chi connectivity index (χ0v) is 15.5. The SMILES string of the molecule is NCc1ccc2c(c1)C1(CCN(C(=O)/C=C/c3ccc(F)c(F)c3)CC1)CO2. The van der Waals surface area contributed by atoms with E-state index in [1.807, 2.05) is 12.1 Å². The number of benzene rings is 2. The van der Waals surface area contributed by atoms with E-state index in [4.69, 9.17) is 10.5 Å². The Morgan fingerprint density at radius 3 is 2.64 bits per heavy atom. The maximum absolute atomic E-state index is 13.3. The van der Waals surface area contributed by atoms with E-state index in [-0.39, 0.29) is 11.3 Å². The van der Waals surface area contributed by atoms with Gasteiger partial charge in [-0.15, -0.1) is 0 Å². The number of halogens is 2. The molecule has 1 saturated heterocycles.